The maximum atomic E-state index is 12.6. The largest absolute Gasteiger partial charge is 0.444 e. The summed E-state index contributed by atoms with van der Waals surface area (Å²) in [6.07, 6.45) is 18.4. The molecule has 2 unspecified atom stereocenters. The van der Waals surface area contributed by atoms with Crippen LogP contribution in [0.3, 0.4) is 0 Å². The molecule has 0 radical (unpaired) electrons. The third-order valence-corrected chi connectivity index (χ3v) is 12.9. The van der Waals surface area contributed by atoms with Crippen LogP contribution in [0.25, 0.3) is 12.2 Å². The smallest absolute Gasteiger partial charge is 0.407 e. The number of aromatic amines is 1. The van der Waals surface area contributed by atoms with Crippen LogP contribution in [0.2, 0.25) is 5.02 Å². The molecule has 0 aromatic carbocycles. The van der Waals surface area contributed by atoms with Crippen molar-refractivity contribution in [2.45, 2.75) is 120 Å². The van der Waals surface area contributed by atoms with Crippen LogP contribution in [-0.4, -0.2) is 123 Å². The Morgan fingerprint density at radius 2 is 1.25 bits per heavy atom. The summed E-state index contributed by atoms with van der Waals surface area (Å²) in [4.78, 5) is 54.5. The number of nitrogens with one attached hydrogen (secondary N) is 2. The highest BCUT2D eigenvalue weighted by Crippen LogP contribution is 2.29. The third kappa shape index (κ3) is 11.4. The number of H-pyrrole nitrogens is 1. The maximum Gasteiger partial charge on any atom is 0.407 e. The molecule has 4 N–H and O–H groups in total. The van der Waals surface area contributed by atoms with Gasteiger partial charge in [-0.3, -0.25) is 14.4 Å². The van der Waals surface area contributed by atoms with Gasteiger partial charge < -0.3 is 44.4 Å². The molecule has 1 amide bonds. The number of alkyl carbamates (subject to hydrolysis) is 1. The second kappa shape index (κ2) is 22.2. The molecule has 1 aliphatic carbocycles. The number of anilines is 3. The number of carbonyl (C=O) groups is 1. The summed E-state index contributed by atoms with van der Waals surface area (Å²) in [6, 6.07) is 0.254. The molecule has 5 atom stereocenters. The molecule has 348 valence electrons. The predicted molar refractivity (Wildman–Crippen MR) is 243 cm³/mol. The van der Waals surface area contributed by atoms with Gasteiger partial charge in [-0.2, -0.15) is 20.0 Å². The number of carbonyl (C=O) groups excluding carboxylic acids is 1. The molecule has 20 heteroatoms. The van der Waals surface area contributed by atoms with Gasteiger partial charge in [0.15, 0.2) is 12.5 Å². The first-order chi connectivity index (χ1) is 31.0. The summed E-state index contributed by atoms with van der Waals surface area (Å²) in [5.41, 5.74) is 2.35. The first kappa shape index (κ1) is 46.9. The summed E-state index contributed by atoms with van der Waals surface area (Å²) in [6.45, 7) is 12.5. The molecule has 6 aliphatic rings. The first-order valence-corrected chi connectivity index (χ1v) is 22.9. The number of β-amino-alcohol motifs (C(OH)–C–C–N with tert-alkyl or cyclic N) is 2. The molecule has 5 saturated heterocycles. The van der Waals surface area contributed by atoms with Gasteiger partial charge in [-0.25, -0.2) is 14.6 Å². The Hall–Kier alpha value is -5.08. The number of amides is 1. The summed E-state index contributed by atoms with van der Waals surface area (Å²) >= 11 is 6.19. The fourth-order valence-corrected chi connectivity index (χ4v) is 9.30. The van der Waals surface area contributed by atoms with Crippen LogP contribution in [0.5, 0.6) is 0 Å². The number of hydrogen-bond acceptors (Lipinski definition) is 15. The Bertz CT molecular complexity index is 2250. The predicted octanol–water partition coefficient (Wildman–Crippen LogP) is 3.98. The molecule has 0 spiro atoms. The minimum atomic E-state index is -0.366. The molecule has 3 aromatic heterocycles. The molecule has 19 nitrogen and oxygen atoms in total. The number of rotatable bonds is 9. The quantitative estimate of drug-likeness (QED) is 0.239. The summed E-state index contributed by atoms with van der Waals surface area (Å²) < 4.78 is 19.5. The van der Waals surface area contributed by atoms with Gasteiger partial charge in [0.05, 0.1) is 65.5 Å². The van der Waals surface area contributed by atoms with E-state index < -0.39 is 0 Å². The van der Waals surface area contributed by atoms with Gasteiger partial charge in [0.2, 0.25) is 0 Å². The van der Waals surface area contributed by atoms with Gasteiger partial charge >= 0.3 is 6.09 Å². The van der Waals surface area contributed by atoms with Crippen LogP contribution >= 0.6 is 11.6 Å². The Morgan fingerprint density at radius 1 is 0.719 bits per heavy atom. The molecule has 8 heterocycles. The highest BCUT2D eigenvalue weighted by atomic mass is 35.5. The van der Waals surface area contributed by atoms with Gasteiger partial charge in [0.25, 0.3) is 16.7 Å². The Labute approximate surface area is 376 Å². The molecule has 1 saturated carbocycles. The van der Waals surface area contributed by atoms with Crippen molar-refractivity contribution in [1.29, 1.82) is 0 Å². The van der Waals surface area contributed by atoms with Crippen LogP contribution in [0.15, 0.2) is 46.1 Å². The van der Waals surface area contributed by atoms with Crippen molar-refractivity contribution in [2.24, 2.45) is 0 Å². The van der Waals surface area contributed by atoms with Gasteiger partial charge in [0.1, 0.15) is 11.1 Å². The van der Waals surface area contributed by atoms with E-state index in [1.165, 1.54) is 28.3 Å². The second-order valence-corrected chi connectivity index (χ2v) is 17.4. The van der Waals surface area contributed by atoms with E-state index in [1.807, 2.05) is 14.7 Å². The number of aliphatic hydroxyl groups excluding tert-OH is 2. The van der Waals surface area contributed by atoms with Crippen molar-refractivity contribution in [1.82, 2.24) is 35.1 Å². The van der Waals surface area contributed by atoms with Crippen molar-refractivity contribution < 1.29 is 29.2 Å². The van der Waals surface area contributed by atoms with Gasteiger partial charge in [0, 0.05) is 58.4 Å². The highest BCUT2D eigenvalue weighted by Gasteiger charge is 2.30. The lowest BCUT2D eigenvalue weighted by molar-refractivity contribution is -0.0425. The SMILES string of the molecule is C=Cc1c(N2CC[C@@H](O)C2)cnn(C2CCCCO2)c1=O.C=Cc1c(N2CC[C@@H](OC(=O)NC3CCCC3)C2)cn[nH]c1=O.O=c1c(Cl)c(N2CC[C@@H](O)C2)cnn1C1CCCCO1. The minimum Gasteiger partial charge on any atom is -0.444 e. The summed E-state index contributed by atoms with van der Waals surface area (Å²) in [5, 5.41) is 37.1. The van der Waals surface area contributed by atoms with Gasteiger partial charge in [-0.05, 0) is 64.2 Å². The molecule has 5 aliphatic heterocycles. The average Bonchev–Trinajstić information content (AvgIpc) is 4.16. The number of hydrogen-bond donors (Lipinski definition) is 4. The molecule has 6 fully saturated rings. The van der Waals surface area contributed by atoms with Crippen LogP contribution in [0, 0.1) is 0 Å². The van der Waals surface area contributed by atoms with Crippen LogP contribution < -0.4 is 36.7 Å². The van der Waals surface area contributed by atoms with E-state index in [9.17, 15) is 29.4 Å². The Kier molecular flexibility index (Phi) is 16.3. The first-order valence-electron chi connectivity index (χ1n) is 22.6. The fourth-order valence-electron chi connectivity index (χ4n) is 9.05. The Balaban J connectivity index is 0.000000144. The van der Waals surface area contributed by atoms with Crippen LogP contribution in [-0.2, 0) is 14.2 Å². The topological polar surface area (TPSA) is 222 Å². The van der Waals surface area contributed by atoms with Crippen molar-refractivity contribution in [3.8, 4) is 0 Å². The van der Waals surface area contributed by atoms with E-state index in [4.69, 9.17) is 25.8 Å². The zero-order valence-electron chi connectivity index (χ0n) is 36.3. The number of aliphatic hydroxyl groups is 2. The fraction of sp³-hybridized carbons (Fsp3) is 0.614. The molecule has 0 bridgehead atoms. The normalized spacial score (nSPS) is 24.7. The lowest BCUT2D eigenvalue weighted by Gasteiger charge is -2.25. The highest BCUT2D eigenvalue weighted by molar-refractivity contribution is 6.33. The van der Waals surface area contributed by atoms with E-state index >= 15 is 0 Å². The maximum absolute atomic E-state index is 12.6. The van der Waals surface area contributed by atoms with E-state index in [1.54, 1.807) is 24.7 Å². The molecule has 64 heavy (non-hydrogen) atoms. The van der Waals surface area contributed by atoms with E-state index in [0.29, 0.717) is 75.6 Å². The van der Waals surface area contributed by atoms with E-state index in [2.05, 4.69) is 38.9 Å². The van der Waals surface area contributed by atoms with Crippen LogP contribution in [0.4, 0.5) is 21.9 Å². The van der Waals surface area contributed by atoms with Crippen molar-refractivity contribution in [3.63, 3.8) is 0 Å². The van der Waals surface area contributed by atoms with Gasteiger partial charge in [-0.1, -0.05) is 49.8 Å². The molecule has 3 aromatic rings. The number of aromatic nitrogens is 6. The second-order valence-electron chi connectivity index (χ2n) is 17.0. The van der Waals surface area contributed by atoms with E-state index in [-0.39, 0.29) is 64.6 Å². The zero-order chi connectivity index (χ0) is 45.2. The van der Waals surface area contributed by atoms with Crippen molar-refractivity contribution >= 4 is 46.9 Å². The monoisotopic (exact) mass is 908 g/mol. The number of nitrogens with zero attached hydrogens (tertiary/aromatic N) is 8. The van der Waals surface area contributed by atoms with E-state index in [0.717, 1.165) is 75.7 Å². The van der Waals surface area contributed by atoms with Crippen LogP contribution in [0.1, 0.15) is 107 Å². The number of halogens is 1. The van der Waals surface area contributed by atoms with Crippen molar-refractivity contribution in [2.75, 3.05) is 67.2 Å². The van der Waals surface area contributed by atoms with Crippen molar-refractivity contribution in [3.05, 3.63) is 79.0 Å². The molecular weight excluding hydrogens is 848 g/mol. The lowest BCUT2D eigenvalue weighted by atomic mass is 10.2. The standard InChI is InChI=1S/C16H22N4O3.C15H21N3O3.C13H18ClN3O3/c1-2-13-14(9-17-19-15(13)21)20-8-7-12(10-20)23-16(22)18-11-5-3-4-6-11;1-2-12-13(17-7-6-11(19)10-17)9-16-18(15(12)20)14-5-3-4-8-21-14;14-12-10(16-5-4-9(18)8-16)7-15-17(13(12)19)11-3-1-2-6-20-11/h2,9,11-12H,1,3-8,10H2,(H,18,22)(H,19,21);2,9,11,14,19H,1,3-8,10H2;7,9,11,18H,1-6,8H2/t12-;11-,14?;9-,11?/m111/s1. The zero-order valence-corrected chi connectivity index (χ0v) is 37.1. The average molecular weight is 909 g/mol. The number of ether oxygens (including phenoxy) is 3. The summed E-state index contributed by atoms with van der Waals surface area (Å²) in [7, 11) is 0. The summed E-state index contributed by atoms with van der Waals surface area (Å²) in [5.74, 6) is 0. The molecular formula is C44H61ClN10O9. The Morgan fingerprint density at radius 3 is 1.81 bits per heavy atom. The van der Waals surface area contributed by atoms with Gasteiger partial charge in [-0.15, -0.1) is 0 Å². The lowest BCUT2D eigenvalue weighted by Crippen LogP contribution is -2.36. The minimum absolute atomic E-state index is 0.156. The molecule has 9 rings (SSSR count). The third-order valence-electron chi connectivity index (χ3n) is 12.5.